The molecule has 0 amide bonds. The number of nitrogens with one attached hydrogen (secondary N) is 4. The molecule has 1 fully saturated rings. The third-order valence-electron chi connectivity index (χ3n) is 4.97. The predicted molar refractivity (Wildman–Crippen MR) is 112 cm³/mol. The van der Waals surface area contributed by atoms with Crippen LogP contribution in [0.5, 0.6) is 11.6 Å². The number of hydrogen-bond donors (Lipinski definition) is 5. The molecule has 5 rings (SSSR count). The molecule has 4 aromatic rings. The van der Waals surface area contributed by atoms with E-state index in [0.29, 0.717) is 23.2 Å². The van der Waals surface area contributed by atoms with Crippen molar-refractivity contribution in [2.45, 2.75) is 25.3 Å². The molecule has 1 saturated carbocycles. The Morgan fingerprint density at radius 1 is 1.30 bits per heavy atom. The van der Waals surface area contributed by atoms with E-state index in [4.69, 9.17) is 9.72 Å². The number of benzene rings is 1. The van der Waals surface area contributed by atoms with Gasteiger partial charge < -0.3 is 25.5 Å². The smallest absolute Gasteiger partial charge is 0.325 e. The molecule has 3 heterocycles. The van der Waals surface area contributed by atoms with E-state index in [1.165, 1.54) is 0 Å². The van der Waals surface area contributed by atoms with E-state index in [1.54, 1.807) is 17.8 Å². The number of aromatic nitrogens is 5. The van der Waals surface area contributed by atoms with Crippen molar-refractivity contribution in [3.8, 4) is 11.6 Å². The second-order valence-electron chi connectivity index (χ2n) is 7.29. The van der Waals surface area contributed by atoms with Gasteiger partial charge in [0.15, 0.2) is 5.65 Å². The minimum Gasteiger partial charge on any atom is -0.497 e. The number of hydrogen-bond acceptors (Lipinski definition) is 7. The van der Waals surface area contributed by atoms with Gasteiger partial charge in [0, 0.05) is 35.8 Å². The van der Waals surface area contributed by atoms with Gasteiger partial charge in [0.2, 0.25) is 5.88 Å². The first-order valence-electron chi connectivity index (χ1n) is 9.64. The van der Waals surface area contributed by atoms with Crippen molar-refractivity contribution >= 4 is 23.0 Å². The van der Waals surface area contributed by atoms with Gasteiger partial charge in [-0.05, 0) is 25.0 Å². The van der Waals surface area contributed by atoms with Crippen LogP contribution in [0.15, 0.2) is 41.3 Å². The Balaban J connectivity index is 1.54. The molecule has 3 aromatic heterocycles. The van der Waals surface area contributed by atoms with Gasteiger partial charge in [-0.2, -0.15) is 9.61 Å². The van der Waals surface area contributed by atoms with Crippen molar-refractivity contribution in [3.63, 3.8) is 0 Å². The van der Waals surface area contributed by atoms with Gasteiger partial charge in [-0.25, -0.2) is 9.78 Å². The number of aromatic amines is 2. The lowest BCUT2D eigenvalue weighted by molar-refractivity contribution is 0.415. The summed E-state index contributed by atoms with van der Waals surface area (Å²) in [5, 5.41) is 21.2. The minimum absolute atomic E-state index is 0.179. The van der Waals surface area contributed by atoms with Gasteiger partial charge in [-0.15, -0.1) is 0 Å². The van der Waals surface area contributed by atoms with Crippen LogP contribution in [0, 0.1) is 0 Å². The summed E-state index contributed by atoms with van der Waals surface area (Å²) < 4.78 is 7.03. The van der Waals surface area contributed by atoms with Crippen molar-refractivity contribution in [1.82, 2.24) is 24.6 Å². The number of imidazole rings is 1. The molecule has 30 heavy (non-hydrogen) atoms. The fourth-order valence-corrected chi connectivity index (χ4v) is 3.31. The van der Waals surface area contributed by atoms with E-state index >= 15 is 0 Å². The average molecular weight is 407 g/mol. The SMILES string of the molecule is COc1cccc(Nc2cc(NC3CC3)n3ncc(Cc4[nH]c(=O)[nH]c4O)c3n2)c1. The lowest BCUT2D eigenvalue weighted by atomic mass is 10.2. The average Bonchev–Trinajstić information content (AvgIpc) is 3.37. The minimum atomic E-state index is -0.455. The molecule has 0 aliphatic heterocycles. The summed E-state index contributed by atoms with van der Waals surface area (Å²) in [4.78, 5) is 21.1. The van der Waals surface area contributed by atoms with Gasteiger partial charge in [0.1, 0.15) is 17.4 Å². The second-order valence-corrected chi connectivity index (χ2v) is 7.29. The normalized spacial score (nSPS) is 13.5. The number of aromatic hydroxyl groups is 1. The number of fused-ring (bicyclic) bond motifs is 1. The molecule has 0 radical (unpaired) electrons. The van der Waals surface area contributed by atoms with Gasteiger partial charge in [-0.1, -0.05) is 6.07 Å². The van der Waals surface area contributed by atoms with Crippen molar-refractivity contribution in [2.75, 3.05) is 17.7 Å². The molecule has 5 N–H and O–H groups in total. The molecule has 0 saturated heterocycles. The zero-order valence-electron chi connectivity index (χ0n) is 16.3. The first kappa shape index (κ1) is 18.1. The number of H-pyrrole nitrogens is 2. The molecular formula is C20H21N7O3. The van der Waals surface area contributed by atoms with E-state index in [2.05, 4.69) is 25.7 Å². The van der Waals surface area contributed by atoms with Gasteiger partial charge in [-0.3, -0.25) is 4.98 Å². The van der Waals surface area contributed by atoms with Crippen molar-refractivity contribution in [3.05, 3.63) is 58.3 Å². The van der Waals surface area contributed by atoms with E-state index in [0.717, 1.165) is 35.7 Å². The molecule has 0 bridgehead atoms. The number of methoxy groups -OCH3 is 1. The monoisotopic (exact) mass is 407 g/mol. The summed E-state index contributed by atoms with van der Waals surface area (Å²) >= 11 is 0. The molecule has 1 aliphatic carbocycles. The van der Waals surface area contributed by atoms with Crippen LogP contribution in [0.2, 0.25) is 0 Å². The standard InChI is InChI=1S/C20H21N7O3/c1-30-14-4-2-3-13(8-14)22-16-9-17(23-12-5-6-12)27-18(25-16)11(10-21-27)7-15-19(28)26-20(29)24-15/h2-4,8-10,12,23,28H,5-7H2,1H3,(H,22,25)(H2,24,26,29). The van der Waals surface area contributed by atoms with E-state index < -0.39 is 5.69 Å². The molecule has 154 valence electrons. The molecule has 10 nitrogen and oxygen atoms in total. The molecule has 0 atom stereocenters. The van der Waals surface area contributed by atoms with Crippen LogP contribution >= 0.6 is 0 Å². The highest BCUT2D eigenvalue weighted by atomic mass is 16.5. The zero-order chi connectivity index (χ0) is 20.7. The van der Waals surface area contributed by atoms with Crippen LogP contribution in [-0.2, 0) is 6.42 Å². The number of rotatable bonds is 7. The van der Waals surface area contributed by atoms with Crippen molar-refractivity contribution < 1.29 is 9.84 Å². The maximum absolute atomic E-state index is 11.5. The number of ether oxygens (including phenoxy) is 1. The second kappa shape index (κ2) is 7.14. The molecule has 1 aromatic carbocycles. The van der Waals surface area contributed by atoms with Gasteiger partial charge in [0.25, 0.3) is 0 Å². The Hall–Kier alpha value is -3.95. The Morgan fingerprint density at radius 2 is 2.17 bits per heavy atom. The van der Waals surface area contributed by atoms with Crippen LogP contribution in [0.4, 0.5) is 17.3 Å². The first-order chi connectivity index (χ1) is 14.6. The van der Waals surface area contributed by atoms with Crippen LogP contribution in [-0.4, -0.2) is 42.8 Å². The highest BCUT2D eigenvalue weighted by Crippen LogP contribution is 2.29. The fourth-order valence-electron chi connectivity index (χ4n) is 3.31. The molecule has 1 aliphatic rings. The molecule has 0 unspecified atom stereocenters. The molecule has 0 spiro atoms. The Morgan fingerprint density at radius 3 is 2.90 bits per heavy atom. The summed E-state index contributed by atoms with van der Waals surface area (Å²) in [6.45, 7) is 0. The van der Waals surface area contributed by atoms with E-state index in [1.807, 2.05) is 30.3 Å². The van der Waals surface area contributed by atoms with Crippen LogP contribution in [0.3, 0.4) is 0 Å². The predicted octanol–water partition coefficient (Wildman–Crippen LogP) is 2.37. The van der Waals surface area contributed by atoms with Crippen LogP contribution < -0.4 is 21.1 Å². The summed E-state index contributed by atoms with van der Waals surface area (Å²) in [6.07, 6.45) is 4.22. The van der Waals surface area contributed by atoms with Crippen LogP contribution in [0.25, 0.3) is 5.65 Å². The molecule has 10 heteroatoms. The highest BCUT2D eigenvalue weighted by molar-refractivity contribution is 5.66. The fraction of sp³-hybridized carbons (Fsp3) is 0.250. The first-order valence-corrected chi connectivity index (χ1v) is 9.64. The Bertz CT molecular complexity index is 1270. The van der Waals surface area contributed by atoms with Crippen molar-refractivity contribution in [1.29, 1.82) is 0 Å². The largest absolute Gasteiger partial charge is 0.497 e. The van der Waals surface area contributed by atoms with E-state index in [-0.39, 0.29) is 12.3 Å². The quantitative estimate of drug-likeness (QED) is 0.318. The third-order valence-corrected chi connectivity index (χ3v) is 4.97. The third kappa shape index (κ3) is 3.54. The maximum Gasteiger partial charge on any atom is 0.325 e. The number of nitrogens with zero attached hydrogens (tertiary/aromatic N) is 3. The maximum atomic E-state index is 11.5. The van der Waals surface area contributed by atoms with Crippen LogP contribution in [0.1, 0.15) is 24.1 Å². The zero-order valence-corrected chi connectivity index (χ0v) is 16.3. The molecular weight excluding hydrogens is 386 g/mol. The number of anilines is 3. The summed E-state index contributed by atoms with van der Waals surface area (Å²) in [5.74, 6) is 2.04. The topological polar surface area (TPSA) is 132 Å². The lowest BCUT2D eigenvalue weighted by Crippen LogP contribution is -2.09. The summed E-state index contributed by atoms with van der Waals surface area (Å²) in [7, 11) is 1.63. The Labute approximate surface area is 170 Å². The summed E-state index contributed by atoms with van der Waals surface area (Å²) in [6, 6.07) is 9.94. The van der Waals surface area contributed by atoms with Crippen molar-refractivity contribution in [2.24, 2.45) is 0 Å². The van der Waals surface area contributed by atoms with E-state index in [9.17, 15) is 9.90 Å². The Kier molecular flexibility index (Phi) is 4.31. The highest BCUT2D eigenvalue weighted by Gasteiger charge is 2.23. The lowest BCUT2D eigenvalue weighted by Gasteiger charge is -2.12. The van der Waals surface area contributed by atoms with Gasteiger partial charge >= 0.3 is 5.69 Å². The van der Waals surface area contributed by atoms with Gasteiger partial charge in [0.05, 0.1) is 19.0 Å². The summed E-state index contributed by atoms with van der Waals surface area (Å²) in [5.41, 5.74) is 2.18.